The predicted octanol–water partition coefficient (Wildman–Crippen LogP) is -0.534. The normalized spacial score (nSPS) is 20.3. The average molecular weight is 242 g/mol. The van der Waals surface area contributed by atoms with Crippen LogP contribution in [0.15, 0.2) is 0 Å². The fourth-order valence-corrected chi connectivity index (χ4v) is 1.80. The summed E-state index contributed by atoms with van der Waals surface area (Å²) in [5, 5.41) is 5.96. The van der Waals surface area contributed by atoms with Crippen molar-refractivity contribution in [1.29, 1.82) is 0 Å². The van der Waals surface area contributed by atoms with Crippen molar-refractivity contribution < 1.29 is 9.59 Å². The fraction of sp³-hybridized carbons (Fsp3) is 0.818. The number of hydrogen-bond acceptors (Lipinski definition) is 3. The van der Waals surface area contributed by atoms with Gasteiger partial charge in [-0.2, -0.15) is 0 Å². The lowest BCUT2D eigenvalue weighted by Crippen LogP contribution is -2.61. The summed E-state index contributed by atoms with van der Waals surface area (Å²) in [6.45, 7) is 5.61. The van der Waals surface area contributed by atoms with Crippen LogP contribution < -0.4 is 10.6 Å². The van der Waals surface area contributed by atoms with Crippen molar-refractivity contribution in [2.45, 2.75) is 25.9 Å². The number of likely N-dealkylation sites (N-methyl/N-ethyl adjacent to an activating group) is 1. The molecule has 0 aliphatic carbocycles. The van der Waals surface area contributed by atoms with E-state index in [-0.39, 0.29) is 18.0 Å². The molecule has 1 atom stereocenters. The number of nitrogens with one attached hydrogen (secondary N) is 2. The van der Waals surface area contributed by atoms with E-state index in [1.54, 1.807) is 19.0 Å². The predicted molar refractivity (Wildman–Crippen MR) is 65.7 cm³/mol. The van der Waals surface area contributed by atoms with Gasteiger partial charge in [0.1, 0.15) is 6.04 Å². The third kappa shape index (κ3) is 3.59. The molecule has 0 radical (unpaired) electrons. The van der Waals surface area contributed by atoms with Gasteiger partial charge >= 0.3 is 6.03 Å². The molecule has 0 bridgehead atoms. The zero-order valence-electron chi connectivity index (χ0n) is 11.0. The molecule has 1 aliphatic heterocycles. The first-order valence-corrected chi connectivity index (χ1v) is 5.92. The van der Waals surface area contributed by atoms with Crippen LogP contribution in [0, 0.1) is 0 Å². The molecule has 0 spiro atoms. The summed E-state index contributed by atoms with van der Waals surface area (Å²) in [5.74, 6) is -0.0453. The van der Waals surface area contributed by atoms with Crippen molar-refractivity contribution >= 4 is 11.9 Å². The molecule has 1 saturated heterocycles. The molecule has 6 heteroatoms. The maximum Gasteiger partial charge on any atom is 0.318 e. The lowest BCUT2D eigenvalue weighted by Gasteiger charge is -2.36. The van der Waals surface area contributed by atoms with Gasteiger partial charge in [-0.3, -0.25) is 4.79 Å². The van der Waals surface area contributed by atoms with Crippen molar-refractivity contribution in [3.8, 4) is 0 Å². The standard InChI is InChI=1S/C11H22N4O2/c1-8(2)13-11(17)15-6-5-12-7-9(15)10(16)14(3)4/h8-9,12H,5-7H2,1-4H3,(H,13,17). The third-order valence-corrected chi connectivity index (χ3v) is 2.64. The van der Waals surface area contributed by atoms with Gasteiger partial charge in [0.15, 0.2) is 0 Å². The van der Waals surface area contributed by atoms with Gasteiger partial charge < -0.3 is 20.4 Å². The Labute approximate surface area is 102 Å². The molecule has 17 heavy (non-hydrogen) atoms. The summed E-state index contributed by atoms with van der Waals surface area (Å²) >= 11 is 0. The largest absolute Gasteiger partial charge is 0.347 e. The van der Waals surface area contributed by atoms with Crippen LogP contribution in [0.4, 0.5) is 4.79 Å². The topological polar surface area (TPSA) is 64.7 Å². The molecule has 98 valence electrons. The Kier molecular flexibility index (Phi) is 4.74. The first kappa shape index (κ1) is 13.8. The molecule has 1 unspecified atom stereocenters. The van der Waals surface area contributed by atoms with E-state index in [1.807, 2.05) is 13.8 Å². The van der Waals surface area contributed by atoms with E-state index in [9.17, 15) is 9.59 Å². The van der Waals surface area contributed by atoms with Crippen LogP contribution in [-0.2, 0) is 4.79 Å². The van der Waals surface area contributed by atoms with Crippen LogP contribution >= 0.6 is 0 Å². The zero-order valence-corrected chi connectivity index (χ0v) is 11.0. The number of rotatable bonds is 2. The van der Waals surface area contributed by atoms with E-state index < -0.39 is 6.04 Å². The first-order valence-electron chi connectivity index (χ1n) is 5.92. The number of urea groups is 1. The second-order valence-corrected chi connectivity index (χ2v) is 4.75. The van der Waals surface area contributed by atoms with Crippen molar-refractivity contribution in [2.75, 3.05) is 33.7 Å². The van der Waals surface area contributed by atoms with Gasteiger partial charge in [0.05, 0.1) is 0 Å². The highest BCUT2D eigenvalue weighted by Gasteiger charge is 2.32. The summed E-state index contributed by atoms with van der Waals surface area (Å²) in [6.07, 6.45) is 0. The molecule has 2 N–H and O–H groups in total. The number of carbonyl (C=O) groups excluding carboxylic acids is 2. The maximum absolute atomic E-state index is 12.0. The number of carbonyl (C=O) groups is 2. The van der Waals surface area contributed by atoms with Gasteiger partial charge in [-0.05, 0) is 13.8 Å². The minimum Gasteiger partial charge on any atom is -0.347 e. The third-order valence-electron chi connectivity index (χ3n) is 2.64. The van der Waals surface area contributed by atoms with E-state index in [4.69, 9.17) is 0 Å². The molecule has 6 nitrogen and oxygen atoms in total. The van der Waals surface area contributed by atoms with Crippen LogP contribution in [0.1, 0.15) is 13.8 Å². The Morgan fingerprint density at radius 3 is 2.59 bits per heavy atom. The number of hydrogen-bond donors (Lipinski definition) is 2. The van der Waals surface area contributed by atoms with Crippen LogP contribution in [-0.4, -0.2) is 67.6 Å². The summed E-state index contributed by atoms with van der Waals surface area (Å²) < 4.78 is 0. The molecule has 1 aliphatic rings. The van der Waals surface area contributed by atoms with Crippen LogP contribution in [0.2, 0.25) is 0 Å². The Morgan fingerprint density at radius 1 is 1.41 bits per heavy atom. The van der Waals surface area contributed by atoms with Crippen molar-refractivity contribution in [3.63, 3.8) is 0 Å². The highest BCUT2D eigenvalue weighted by Crippen LogP contribution is 2.06. The molecule has 0 aromatic rings. The lowest BCUT2D eigenvalue weighted by molar-refractivity contribution is -0.133. The highest BCUT2D eigenvalue weighted by molar-refractivity contribution is 5.87. The molecule has 3 amide bonds. The molecule has 0 aromatic heterocycles. The van der Waals surface area contributed by atoms with Gasteiger partial charge in [-0.25, -0.2) is 4.79 Å². The van der Waals surface area contributed by atoms with Crippen LogP contribution in [0.5, 0.6) is 0 Å². The van der Waals surface area contributed by atoms with Crippen LogP contribution in [0.3, 0.4) is 0 Å². The summed E-state index contributed by atoms with van der Waals surface area (Å²) in [6, 6.07) is -0.494. The van der Waals surface area contributed by atoms with Crippen molar-refractivity contribution in [3.05, 3.63) is 0 Å². The minimum atomic E-state index is -0.405. The molecule has 1 rings (SSSR count). The van der Waals surface area contributed by atoms with E-state index in [2.05, 4.69) is 10.6 Å². The first-order chi connectivity index (χ1) is 7.93. The maximum atomic E-state index is 12.0. The Bertz CT molecular complexity index is 291. The second kappa shape index (κ2) is 5.86. The number of amides is 3. The van der Waals surface area contributed by atoms with Crippen LogP contribution in [0.25, 0.3) is 0 Å². The van der Waals surface area contributed by atoms with E-state index in [0.29, 0.717) is 13.1 Å². The number of nitrogens with zero attached hydrogens (tertiary/aromatic N) is 2. The Hall–Kier alpha value is -1.30. The molecule has 1 fully saturated rings. The van der Waals surface area contributed by atoms with Gasteiger partial charge in [-0.1, -0.05) is 0 Å². The minimum absolute atomic E-state index is 0.0453. The van der Waals surface area contributed by atoms with E-state index in [1.165, 1.54) is 4.90 Å². The van der Waals surface area contributed by atoms with Gasteiger partial charge in [0, 0.05) is 39.8 Å². The second-order valence-electron chi connectivity index (χ2n) is 4.75. The summed E-state index contributed by atoms with van der Waals surface area (Å²) in [4.78, 5) is 27.1. The summed E-state index contributed by atoms with van der Waals surface area (Å²) in [5.41, 5.74) is 0. The zero-order chi connectivity index (χ0) is 13.0. The Balaban J connectivity index is 2.72. The van der Waals surface area contributed by atoms with E-state index in [0.717, 1.165) is 6.54 Å². The van der Waals surface area contributed by atoms with Gasteiger partial charge in [0.2, 0.25) is 5.91 Å². The average Bonchev–Trinajstić information content (AvgIpc) is 2.27. The fourth-order valence-electron chi connectivity index (χ4n) is 1.80. The monoisotopic (exact) mass is 242 g/mol. The Morgan fingerprint density at radius 2 is 2.06 bits per heavy atom. The molecule has 1 heterocycles. The molecular formula is C11H22N4O2. The molecular weight excluding hydrogens is 220 g/mol. The lowest BCUT2D eigenvalue weighted by atomic mass is 10.2. The highest BCUT2D eigenvalue weighted by atomic mass is 16.2. The SMILES string of the molecule is CC(C)NC(=O)N1CCNCC1C(=O)N(C)C. The number of piperazine rings is 1. The molecule has 0 aromatic carbocycles. The smallest absolute Gasteiger partial charge is 0.318 e. The van der Waals surface area contributed by atoms with Gasteiger partial charge in [0.25, 0.3) is 0 Å². The van der Waals surface area contributed by atoms with Crippen molar-refractivity contribution in [2.24, 2.45) is 0 Å². The van der Waals surface area contributed by atoms with Gasteiger partial charge in [-0.15, -0.1) is 0 Å². The summed E-state index contributed by atoms with van der Waals surface area (Å²) in [7, 11) is 3.41. The quantitative estimate of drug-likeness (QED) is 0.684. The van der Waals surface area contributed by atoms with E-state index >= 15 is 0 Å². The molecule has 0 saturated carbocycles. The van der Waals surface area contributed by atoms with Crippen molar-refractivity contribution in [1.82, 2.24) is 20.4 Å².